The van der Waals surface area contributed by atoms with Gasteiger partial charge in [0.05, 0.1) is 12.8 Å². The Bertz CT molecular complexity index is 879. The van der Waals surface area contributed by atoms with E-state index in [-0.39, 0.29) is 6.61 Å². The minimum absolute atomic E-state index is 0.125. The number of anilines is 1. The Balaban J connectivity index is 2.00. The van der Waals surface area contributed by atoms with Crippen molar-refractivity contribution in [3.63, 3.8) is 0 Å². The Hall–Kier alpha value is -3.23. The van der Waals surface area contributed by atoms with Gasteiger partial charge in [-0.1, -0.05) is 6.07 Å². The van der Waals surface area contributed by atoms with Gasteiger partial charge in [0, 0.05) is 13.1 Å². The van der Waals surface area contributed by atoms with E-state index < -0.39 is 5.69 Å². The van der Waals surface area contributed by atoms with Crippen molar-refractivity contribution < 1.29 is 13.9 Å². The van der Waals surface area contributed by atoms with Crippen LogP contribution in [0.15, 0.2) is 39.7 Å². The average molecular weight is 317 g/mol. The smallest absolute Gasteiger partial charge is 0.368 e. The van der Waals surface area contributed by atoms with Gasteiger partial charge in [0.15, 0.2) is 11.5 Å². The van der Waals surface area contributed by atoms with Crippen LogP contribution in [0.2, 0.25) is 0 Å². The molecule has 0 aliphatic heterocycles. The van der Waals surface area contributed by atoms with E-state index >= 15 is 0 Å². The predicted molar refractivity (Wildman–Crippen MR) is 80.6 cm³/mol. The summed E-state index contributed by atoms with van der Waals surface area (Å²) in [6, 6.07) is 6.79. The number of methoxy groups -OCH3 is 1. The van der Waals surface area contributed by atoms with E-state index in [2.05, 4.69) is 10.4 Å². The molecule has 1 aromatic carbocycles. The van der Waals surface area contributed by atoms with Gasteiger partial charge >= 0.3 is 5.69 Å². The van der Waals surface area contributed by atoms with Crippen molar-refractivity contribution in [1.29, 1.82) is 0 Å². The minimum atomic E-state index is -0.398. The van der Waals surface area contributed by atoms with E-state index in [0.29, 0.717) is 28.6 Å². The van der Waals surface area contributed by atoms with Crippen molar-refractivity contribution in [2.24, 2.45) is 7.05 Å². The number of rotatable bonds is 5. The van der Waals surface area contributed by atoms with Crippen LogP contribution in [-0.4, -0.2) is 26.9 Å². The topological polar surface area (TPSA) is 110 Å². The van der Waals surface area contributed by atoms with Gasteiger partial charge in [-0.15, -0.1) is 0 Å². The number of hydrogen-bond acceptors (Lipinski definition) is 7. The highest BCUT2D eigenvalue weighted by Crippen LogP contribution is 2.33. The second kappa shape index (κ2) is 5.87. The molecule has 0 amide bonds. The number of furan rings is 1. The third-order valence-electron chi connectivity index (χ3n) is 3.16. The van der Waals surface area contributed by atoms with Gasteiger partial charge in [-0.3, -0.25) is 0 Å². The summed E-state index contributed by atoms with van der Waals surface area (Å²) in [5.74, 6) is 1.36. The Morgan fingerprint density at radius 1 is 1.35 bits per heavy atom. The Morgan fingerprint density at radius 2 is 2.17 bits per heavy atom. The standard InChI is InChI=1S/C14H15N5O4/c1-18-14(20)19(17-16-18)11-4-3-5-12(21-2)13(11)23-8-10-6-9(15)7-22-10/h3-7H,8,15H2,1-2H3. The summed E-state index contributed by atoms with van der Waals surface area (Å²) in [6.07, 6.45) is 1.43. The van der Waals surface area contributed by atoms with Crippen molar-refractivity contribution in [1.82, 2.24) is 19.8 Å². The molecule has 0 saturated heterocycles. The molecule has 2 aromatic heterocycles. The summed E-state index contributed by atoms with van der Waals surface area (Å²) in [6.45, 7) is 0.125. The number of benzene rings is 1. The fourth-order valence-electron chi connectivity index (χ4n) is 2.06. The van der Waals surface area contributed by atoms with Crippen LogP contribution >= 0.6 is 0 Å². The molecule has 0 atom stereocenters. The molecule has 0 bridgehead atoms. The molecule has 0 unspecified atom stereocenters. The van der Waals surface area contributed by atoms with E-state index in [0.717, 1.165) is 9.36 Å². The molecule has 0 saturated carbocycles. The van der Waals surface area contributed by atoms with Crippen LogP contribution in [-0.2, 0) is 13.7 Å². The Kier molecular flexibility index (Phi) is 3.75. The molecule has 2 N–H and O–H groups in total. The van der Waals surface area contributed by atoms with Crippen LogP contribution in [0.1, 0.15) is 5.76 Å². The third kappa shape index (κ3) is 2.76. The molecule has 3 rings (SSSR count). The number of nitrogens with zero attached hydrogens (tertiary/aromatic N) is 4. The summed E-state index contributed by atoms with van der Waals surface area (Å²) in [5.41, 5.74) is 6.14. The molecule has 0 fully saturated rings. The number of aryl methyl sites for hydroxylation is 1. The predicted octanol–water partition coefficient (Wildman–Crippen LogP) is 0.729. The van der Waals surface area contributed by atoms with Gasteiger partial charge in [0.1, 0.15) is 24.3 Å². The lowest BCUT2D eigenvalue weighted by molar-refractivity contribution is 0.255. The molecule has 23 heavy (non-hydrogen) atoms. The molecule has 9 heteroatoms. The molecule has 0 spiro atoms. The maximum Gasteiger partial charge on any atom is 0.368 e. The lowest BCUT2D eigenvalue weighted by Crippen LogP contribution is -2.22. The number of nitrogen functional groups attached to an aromatic ring is 1. The van der Waals surface area contributed by atoms with Crippen molar-refractivity contribution in [3.05, 3.63) is 46.8 Å². The highest BCUT2D eigenvalue weighted by atomic mass is 16.5. The summed E-state index contributed by atoms with van der Waals surface area (Å²) in [5, 5.41) is 7.52. The number of hydrogen-bond donors (Lipinski definition) is 1. The number of nitrogens with two attached hydrogens (primary N) is 1. The first-order chi connectivity index (χ1) is 11.1. The molecule has 9 nitrogen and oxygen atoms in total. The lowest BCUT2D eigenvalue weighted by atomic mass is 10.2. The van der Waals surface area contributed by atoms with Crippen LogP contribution in [0.5, 0.6) is 11.5 Å². The SMILES string of the molecule is COc1cccc(-n2nnn(C)c2=O)c1OCc1cc(N)co1. The second-order valence-electron chi connectivity index (χ2n) is 4.74. The Morgan fingerprint density at radius 3 is 2.78 bits per heavy atom. The number of para-hydroxylation sites is 1. The molecule has 0 radical (unpaired) electrons. The maximum atomic E-state index is 12.1. The molecule has 3 aromatic rings. The molecule has 2 heterocycles. The van der Waals surface area contributed by atoms with Gasteiger partial charge in [-0.25, -0.2) is 4.79 Å². The molecule has 120 valence electrons. The fourth-order valence-corrected chi connectivity index (χ4v) is 2.06. The van der Waals surface area contributed by atoms with Crippen LogP contribution in [0.25, 0.3) is 5.69 Å². The van der Waals surface area contributed by atoms with Gasteiger partial charge < -0.3 is 19.6 Å². The monoisotopic (exact) mass is 317 g/mol. The quantitative estimate of drug-likeness (QED) is 0.738. The summed E-state index contributed by atoms with van der Waals surface area (Å²) >= 11 is 0. The zero-order chi connectivity index (χ0) is 16.4. The van der Waals surface area contributed by atoms with Crippen molar-refractivity contribution in [3.8, 4) is 17.2 Å². The maximum absolute atomic E-state index is 12.1. The van der Waals surface area contributed by atoms with Gasteiger partial charge in [0.2, 0.25) is 0 Å². The zero-order valence-electron chi connectivity index (χ0n) is 12.6. The minimum Gasteiger partial charge on any atom is -0.493 e. The van der Waals surface area contributed by atoms with Crippen LogP contribution in [0, 0.1) is 0 Å². The Labute approximate surface area is 130 Å². The van der Waals surface area contributed by atoms with Crippen molar-refractivity contribution in [2.75, 3.05) is 12.8 Å². The largest absolute Gasteiger partial charge is 0.493 e. The van der Waals surface area contributed by atoms with Gasteiger partial charge in [-0.05, 0) is 22.6 Å². The van der Waals surface area contributed by atoms with E-state index in [9.17, 15) is 4.79 Å². The summed E-state index contributed by atoms with van der Waals surface area (Å²) in [4.78, 5) is 12.1. The van der Waals surface area contributed by atoms with E-state index in [1.165, 1.54) is 20.4 Å². The van der Waals surface area contributed by atoms with E-state index in [1.54, 1.807) is 24.3 Å². The van der Waals surface area contributed by atoms with Gasteiger partial charge in [-0.2, -0.15) is 9.36 Å². The molecule has 0 aliphatic rings. The van der Waals surface area contributed by atoms with Crippen LogP contribution in [0.3, 0.4) is 0 Å². The number of aromatic nitrogens is 4. The first kappa shape index (κ1) is 14.7. The number of tetrazole rings is 1. The molecular formula is C14H15N5O4. The molecule has 0 aliphatic carbocycles. The fraction of sp³-hybridized carbons (Fsp3) is 0.214. The second-order valence-corrected chi connectivity index (χ2v) is 4.74. The van der Waals surface area contributed by atoms with Crippen molar-refractivity contribution >= 4 is 5.69 Å². The van der Waals surface area contributed by atoms with Gasteiger partial charge in [0.25, 0.3) is 0 Å². The first-order valence-corrected chi connectivity index (χ1v) is 6.72. The highest BCUT2D eigenvalue weighted by Gasteiger charge is 2.17. The van der Waals surface area contributed by atoms with E-state index in [4.69, 9.17) is 19.6 Å². The highest BCUT2D eigenvalue weighted by molar-refractivity contribution is 5.55. The lowest BCUT2D eigenvalue weighted by Gasteiger charge is -2.13. The summed E-state index contributed by atoms with van der Waals surface area (Å²) < 4.78 is 18.6. The van der Waals surface area contributed by atoms with E-state index in [1.807, 2.05) is 0 Å². The van der Waals surface area contributed by atoms with Crippen LogP contribution < -0.4 is 20.9 Å². The average Bonchev–Trinajstić information content (AvgIpc) is 3.11. The first-order valence-electron chi connectivity index (χ1n) is 6.72. The normalized spacial score (nSPS) is 10.7. The molecular weight excluding hydrogens is 302 g/mol. The number of ether oxygens (including phenoxy) is 2. The van der Waals surface area contributed by atoms with Crippen molar-refractivity contribution in [2.45, 2.75) is 6.61 Å². The summed E-state index contributed by atoms with van der Waals surface area (Å²) in [7, 11) is 3.02. The third-order valence-corrected chi connectivity index (χ3v) is 3.16. The zero-order valence-corrected chi connectivity index (χ0v) is 12.6. The van der Waals surface area contributed by atoms with Crippen LogP contribution in [0.4, 0.5) is 5.69 Å².